The Kier molecular flexibility index (Phi) is 6.83. The molecule has 0 atom stereocenters. The number of rotatable bonds is 5. The van der Waals surface area contributed by atoms with Crippen LogP contribution in [0.25, 0.3) is 111 Å². The van der Waals surface area contributed by atoms with Gasteiger partial charge in [-0.2, -0.15) is 9.97 Å². The van der Waals surface area contributed by atoms with E-state index in [-0.39, 0.29) is 0 Å². The van der Waals surface area contributed by atoms with Crippen molar-refractivity contribution in [1.29, 1.82) is 0 Å². The van der Waals surface area contributed by atoms with Crippen LogP contribution in [0.15, 0.2) is 192 Å². The fraction of sp³-hybridized carbons (Fsp3) is 0. The quantitative estimate of drug-likeness (QED) is 0.177. The van der Waals surface area contributed by atoms with Gasteiger partial charge in [0.15, 0.2) is 11.6 Å². The van der Waals surface area contributed by atoms with Gasteiger partial charge in [-0.05, 0) is 47.5 Å². The molecule has 0 N–H and O–H groups in total. The average molecular weight is 730 g/mol. The first kappa shape index (κ1) is 31.5. The van der Waals surface area contributed by atoms with E-state index in [1.54, 1.807) is 0 Å². The fourth-order valence-electron chi connectivity index (χ4n) is 8.66. The Morgan fingerprint density at radius 2 is 0.930 bits per heavy atom. The molecule has 0 radical (unpaired) electrons. The SMILES string of the molecule is c1ccc(-c2cccc(-n3c4ccccc4c4ccc5c6ccccc6n(-c6nc(-c7ccccc7)nc(-c7cccc8c7oc7ccccc78)n6)c5c43)c2)cc1. The summed E-state index contributed by atoms with van der Waals surface area (Å²) in [5.74, 6) is 1.65. The summed E-state index contributed by atoms with van der Waals surface area (Å²) in [6.07, 6.45) is 0. The Morgan fingerprint density at radius 3 is 1.68 bits per heavy atom. The van der Waals surface area contributed by atoms with Crippen molar-refractivity contribution in [3.63, 3.8) is 0 Å². The highest BCUT2D eigenvalue weighted by Crippen LogP contribution is 2.42. The van der Waals surface area contributed by atoms with Crippen LogP contribution < -0.4 is 0 Å². The van der Waals surface area contributed by atoms with Crippen molar-refractivity contribution < 1.29 is 4.42 Å². The van der Waals surface area contributed by atoms with Crippen molar-refractivity contribution in [2.24, 2.45) is 0 Å². The van der Waals surface area contributed by atoms with Crippen molar-refractivity contribution in [2.75, 3.05) is 0 Å². The van der Waals surface area contributed by atoms with Crippen LogP contribution in [0.4, 0.5) is 0 Å². The third-order valence-electron chi connectivity index (χ3n) is 11.2. The van der Waals surface area contributed by atoms with Crippen LogP contribution in [0.1, 0.15) is 0 Å². The average Bonchev–Trinajstić information content (AvgIpc) is 3.95. The third kappa shape index (κ3) is 4.81. The van der Waals surface area contributed by atoms with Gasteiger partial charge < -0.3 is 8.98 Å². The van der Waals surface area contributed by atoms with E-state index in [2.05, 4.69) is 143 Å². The molecule has 57 heavy (non-hydrogen) atoms. The molecule has 0 spiro atoms. The molecule has 0 fully saturated rings. The van der Waals surface area contributed by atoms with Crippen LogP contribution in [0, 0.1) is 0 Å². The predicted octanol–water partition coefficient (Wildman–Crippen LogP) is 13.0. The smallest absolute Gasteiger partial charge is 0.238 e. The zero-order chi connectivity index (χ0) is 37.5. The van der Waals surface area contributed by atoms with E-state index in [1.165, 1.54) is 10.9 Å². The Morgan fingerprint density at radius 1 is 0.368 bits per heavy atom. The minimum atomic E-state index is 0.528. The van der Waals surface area contributed by atoms with Gasteiger partial charge in [0.05, 0.1) is 27.6 Å². The van der Waals surface area contributed by atoms with Crippen molar-refractivity contribution in [3.8, 4) is 45.5 Å². The summed E-state index contributed by atoms with van der Waals surface area (Å²) < 4.78 is 11.2. The topological polar surface area (TPSA) is 61.7 Å². The molecule has 8 aromatic carbocycles. The van der Waals surface area contributed by atoms with E-state index in [4.69, 9.17) is 19.4 Å². The fourth-order valence-corrected chi connectivity index (χ4v) is 8.66. The van der Waals surface area contributed by atoms with Gasteiger partial charge in [-0.3, -0.25) is 4.57 Å². The number of hydrogen-bond acceptors (Lipinski definition) is 4. The van der Waals surface area contributed by atoms with E-state index in [0.29, 0.717) is 17.6 Å². The first-order valence-corrected chi connectivity index (χ1v) is 19.1. The molecular weight excluding hydrogens is 699 g/mol. The zero-order valence-corrected chi connectivity index (χ0v) is 30.5. The van der Waals surface area contributed by atoms with Crippen LogP contribution in [0.5, 0.6) is 0 Å². The highest BCUT2D eigenvalue weighted by atomic mass is 16.3. The number of fused-ring (bicyclic) bond motifs is 10. The minimum Gasteiger partial charge on any atom is -0.455 e. The monoisotopic (exact) mass is 729 g/mol. The first-order chi connectivity index (χ1) is 28.3. The number of nitrogens with zero attached hydrogens (tertiary/aromatic N) is 5. The molecule has 0 aliphatic carbocycles. The predicted molar refractivity (Wildman–Crippen MR) is 232 cm³/mol. The van der Waals surface area contributed by atoms with Gasteiger partial charge in [0.1, 0.15) is 11.2 Å². The lowest BCUT2D eigenvalue weighted by Crippen LogP contribution is -2.07. The summed E-state index contributed by atoms with van der Waals surface area (Å²) in [5.41, 5.74) is 10.9. The molecule has 0 unspecified atom stereocenters. The second-order valence-electron chi connectivity index (χ2n) is 14.4. The molecule has 0 saturated heterocycles. The van der Waals surface area contributed by atoms with E-state index >= 15 is 0 Å². The van der Waals surface area contributed by atoms with Crippen molar-refractivity contribution in [3.05, 3.63) is 188 Å². The highest BCUT2D eigenvalue weighted by Gasteiger charge is 2.24. The number of aromatic nitrogens is 5. The zero-order valence-electron chi connectivity index (χ0n) is 30.5. The molecule has 0 bridgehead atoms. The van der Waals surface area contributed by atoms with Gasteiger partial charge >= 0.3 is 0 Å². The normalized spacial score (nSPS) is 11.9. The second kappa shape index (κ2) is 12.3. The number of para-hydroxylation sites is 4. The Balaban J connectivity index is 1.21. The van der Waals surface area contributed by atoms with Crippen LogP contribution in [0.2, 0.25) is 0 Å². The van der Waals surface area contributed by atoms with Gasteiger partial charge in [0.25, 0.3) is 0 Å². The van der Waals surface area contributed by atoms with Gasteiger partial charge in [0.2, 0.25) is 5.95 Å². The van der Waals surface area contributed by atoms with Gasteiger partial charge in [0, 0.05) is 43.6 Å². The molecule has 266 valence electrons. The number of benzene rings is 8. The maximum Gasteiger partial charge on any atom is 0.238 e. The molecule has 6 heteroatoms. The second-order valence-corrected chi connectivity index (χ2v) is 14.4. The molecule has 0 saturated carbocycles. The molecule has 4 aromatic heterocycles. The van der Waals surface area contributed by atoms with E-state index in [9.17, 15) is 0 Å². The summed E-state index contributed by atoms with van der Waals surface area (Å²) in [7, 11) is 0. The molecule has 12 rings (SSSR count). The van der Waals surface area contributed by atoms with Crippen molar-refractivity contribution in [1.82, 2.24) is 24.1 Å². The number of hydrogen-bond donors (Lipinski definition) is 0. The highest BCUT2D eigenvalue weighted by molar-refractivity contribution is 6.23. The molecule has 0 aliphatic rings. The van der Waals surface area contributed by atoms with E-state index in [0.717, 1.165) is 82.5 Å². The summed E-state index contributed by atoms with van der Waals surface area (Å²) in [4.78, 5) is 15.9. The van der Waals surface area contributed by atoms with Crippen molar-refractivity contribution in [2.45, 2.75) is 0 Å². The van der Waals surface area contributed by atoms with Crippen LogP contribution in [-0.4, -0.2) is 24.1 Å². The summed E-state index contributed by atoms with van der Waals surface area (Å²) >= 11 is 0. The van der Waals surface area contributed by atoms with Gasteiger partial charge in [-0.1, -0.05) is 152 Å². The summed E-state index contributed by atoms with van der Waals surface area (Å²) in [6, 6.07) is 65.6. The maximum absolute atomic E-state index is 6.54. The molecule has 0 aliphatic heterocycles. The van der Waals surface area contributed by atoms with Crippen LogP contribution in [0.3, 0.4) is 0 Å². The first-order valence-electron chi connectivity index (χ1n) is 19.1. The lowest BCUT2D eigenvalue weighted by molar-refractivity contribution is 0.669. The maximum atomic E-state index is 6.54. The summed E-state index contributed by atoms with van der Waals surface area (Å²) in [5, 5.41) is 6.63. The van der Waals surface area contributed by atoms with Gasteiger partial charge in [-0.15, -0.1) is 0 Å². The molecule has 6 nitrogen and oxygen atoms in total. The lowest BCUT2D eigenvalue weighted by atomic mass is 10.1. The van der Waals surface area contributed by atoms with E-state index in [1.807, 2.05) is 54.6 Å². The Hall–Kier alpha value is -7.83. The molecule has 4 heterocycles. The standard InChI is InChI=1S/C51H31N5O/c1-3-15-32(16-4-1)34-19-13-20-35(31-34)55-43-26-10-7-21-36(43)39-29-30-40-37-22-8-11-27-44(37)56(47(40)46(39)55)51-53-49(33-17-5-2-6-18-33)52-50(54-51)42-25-14-24-41-38-23-9-12-28-45(38)57-48(41)42/h1-31H. The van der Waals surface area contributed by atoms with E-state index < -0.39 is 0 Å². The molecular formula is C51H31N5O. The molecule has 12 aromatic rings. The lowest BCUT2D eigenvalue weighted by Gasteiger charge is -2.14. The van der Waals surface area contributed by atoms with Crippen LogP contribution in [-0.2, 0) is 0 Å². The van der Waals surface area contributed by atoms with Crippen molar-refractivity contribution >= 4 is 65.6 Å². The largest absolute Gasteiger partial charge is 0.455 e. The number of furan rings is 1. The minimum absolute atomic E-state index is 0.528. The third-order valence-corrected chi connectivity index (χ3v) is 11.2. The summed E-state index contributed by atoms with van der Waals surface area (Å²) in [6.45, 7) is 0. The Bertz CT molecular complexity index is 3520. The van der Waals surface area contributed by atoms with Gasteiger partial charge in [-0.25, -0.2) is 4.98 Å². The van der Waals surface area contributed by atoms with Crippen LogP contribution >= 0.6 is 0 Å². The molecule has 0 amide bonds. The Labute approximate surface area is 326 Å².